The van der Waals surface area contributed by atoms with Crippen molar-refractivity contribution in [2.45, 2.75) is 26.5 Å². The molecule has 0 fully saturated rings. The first-order chi connectivity index (χ1) is 14.7. The SMILES string of the molecule is CCNC(=NCc1ccc(-n2cccn2)cc1)NCC(C)Oc1ccccc1OC.I. The number of ether oxygens (including phenoxy) is 2. The summed E-state index contributed by atoms with van der Waals surface area (Å²) in [6.07, 6.45) is 3.64. The third kappa shape index (κ3) is 7.46. The number of nitrogens with zero attached hydrogens (tertiary/aromatic N) is 3. The van der Waals surface area contributed by atoms with Crippen LogP contribution in [0.5, 0.6) is 11.5 Å². The maximum atomic E-state index is 6.00. The minimum atomic E-state index is -0.0569. The van der Waals surface area contributed by atoms with Gasteiger partial charge in [-0.15, -0.1) is 24.0 Å². The van der Waals surface area contributed by atoms with Crippen molar-refractivity contribution < 1.29 is 9.47 Å². The molecule has 0 radical (unpaired) electrons. The van der Waals surface area contributed by atoms with Crippen LogP contribution in [0.4, 0.5) is 0 Å². The highest BCUT2D eigenvalue weighted by Crippen LogP contribution is 2.26. The van der Waals surface area contributed by atoms with Gasteiger partial charge in [0.05, 0.1) is 25.9 Å². The summed E-state index contributed by atoms with van der Waals surface area (Å²) in [5.41, 5.74) is 2.15. The Bertz CT molecular complexity index is 929. The number of guanidine groups is 1. The lowest BCUT2D eigenvalue weighted by Crippen LogP contribution is -2.41. The molecule has 2 aromatic carbocycles. The zero-order valence-corrected chi connectivity index (χ0v) is 20.4. The minimum Gasteiger partial charge on any atom is -0.493 e. The molecule has 3 aromatic rings. The third-order valence-corrected chi connectivity index (χ3v) is 4.42. The molecule has 0 amide bonds. The van der Waals surface area contributed by atoms with Crippen LogP contribution in [0, 0.1) is 0 Å². The molecule has 1 unspecified atom stereocenters. The van der Waals surface area contributed by atoms with Gasteiger partial charge in [0.1, 0.15) is 6.10 Å². The third-order valence-electron chi connectivity index (χ3n) is 4.42. The second-order valence-electron chi connectivity index (χ2n) is 6.77. The summed E-state index contributed by atoms with van der Waals surface area (Å²) in [6.45, 7) is 6.03. The number of benzene rings is 2. The van der Waals surface area contributed by atoms with E-state index in [0.29, 0.717) is 13.1 Å². The topological polar surface area (TPSA) is 72.7 Å². The fourth-order valence-corrected chi connectivity index (χ4v) is 2.90. The molecule has 2 N–H and O–H groups in total. The van der Waals surface area contributed by atoms with E-state index in [1.165, 1.54) is 0 Å². The van der Waals surface area contributed by atoms with E-state index in [0.717, 1.165) is 35.3 Å². The highest BCUT2D eigenvalue weighted by Gasteiger charge is 2.09. The van der Waals surface area contributed by atoms with Crippen molar-refractivity contribution in [2.75, 3.05) is 20.2 Å². The van der Waals surface area contributed by atoms with E-state index in [1.807, 2.05) is 67.2 Å². The molecule has 1 aromatic heterocycles. The lowest BCUT2D eigenvalue weighted by molar-refractivity contribution is 0.213. The van der Waals surface area contributed by atoms with Crippen molar-refractivity contribution in [1.29, 1.82) is 0 Å². The fourth-order valence-electron chi connectivity index (χ4n) is 2.90. The van der Waals surface area contributed by atoms with Gasteiger partial charge in [-0.2, -0.15) is 5.10 Å². The van der Waals surface area contributed by atoms with E-state index >= 15 is 0 Å². The van der Waals surface area contributed by atoms with Crippen LogP contribution in [-0.2, 0) is 6.54 Å². The fraction of sp³-hybridized carbons (Fsp3) is 0.304. The molecule has 7 nitrogen and oxygen atoms in total. The maximum absolute atomic E-state index is 6.00. The molecule has 0 aliphatic rings. The van der Waals surface area contributed by atoms with Crippen LogP contribution in [0.2, 0.25) is 0 Å². The van der Waals surface area contributed by atoms with Gasteiger partial charge in [0, 0.05) is 18.9 Å². The number of methoxy groups -OCH3 is 1. The number of hydrogen-bond acceptors (Lipinski definition) is 4. The van der Waals surface area contributed by atoms with Crippen molar-refractivity contribution in [3.05, 3.63) is 72.6 Å². The summed E-state index contributed by atoms with van der Waals surface area (Å²) in [6, 6.07) is 17.8. The predicted octanol–water partition coefficient (Wildman–Crippen LogP) is 4.02. The maximum Gasteiger partial charge on any atom is 0.191 e. The van der Waals surface area contributed by atoms with Crippen LogP contribution in [0.25, 0.3) is 5.69 Å². The van der Waals surface area contributed by atoms with Gasteiger partial charge < -0.3 is 20.1 Å². The Morgan fingerprint density at radius 3 is 2.45 bits per heavy atom. The molecule has 0 spiro atoms. The second kappa shape index (κ2) is 12.8. The van der Waals surface area contributed by atoms with E-state index in [-0.39, 0.29) is 30.1 Å². The van der Waals surface area contributed by atoms with E-state index in [2.05, 4.69) is 32.9 Å². The van der Waals surface area contributed by atoms with Crippen molar-refractivity contribution in [3.8, 4) is 17.2 Å². The second-order valence-corrected chi connectivity index (χ2v) is 6.77. The Kier molecular flexibility index (Phi) is 10.2. The summed E-state index contributed by atoms with van der Waals surface area (Å²) < 4.78 is 13.2. The number of rotatable bonds is 9. The number of aromatic nitrogens is 2. The number of aliphatic imine (C=N–C) groups is 1. The van der Waals surface area contributed by atoms with E-state index in [4.69, 9.17) is 9.47 Å². The Hall–Kier alpha value is -2.75. The molecule has 0 saturated carbocycles. The summed E-state index contributed by atoms with van der Waals surface area (Å²) in [5.74, 6) is 2.21. The highest BCUT2D eigenvalue weighted by molar-refractivity contribution is 14.0. The van der Waals surface area contributed by atoms with E-state index in [9.17, 15) is 0 Å². The normalized spacial score (nSPS) is 11.9. The quantitative estimate of drug-likeness (QED) is 0.246. The first-order valence-electron chi connectivity index (χ1n) is 10.1. The van der Waals surface area contributed by atoms with Gasteiger partial charge >= 0.3 is 0 Å². The average Bonchev–Trinajstić information content (AvgIpc) is 3.31. The van der Waals surface area contributed by atoms with Gasteiger partial charge in [-0.1, -0.05) is 24.3 Å². The van der Waals surface area contributed by atoms with E-state index in [1.54, 1.807) is 13.3 Å². The number of nitrogens with one attached hydrogen (secondary N) is 2. The predicted molar refractivity (Wildman–Crippen MR) is 135 cm³/mol. The number of hydrogen-bond donors (Lipinski definition) is 2. The van der Waals surface area contributed by atoms with Crippen molar-refractivity contribution in [3.63, 3.8) is 0 Å². The molecule has 0 aliphatic heterocycles. The molecule has 0 bridgehead atoms. The van der Waals surface area contributed by atoms with Crippen LogP contribution >= 0.6 is 24.0 Å². The average molecular weight is 535 g/mol. The molecule has 166 valence electrons. The molecule has 0 saturated heterocycles. The number of halogens is 1. The van der Waals surface area contributed by atoms with E-state index < -0.39 is 0 Å². The molecule has 0 aliphatic carbocycles. The largest absolute Gasteiger partial charge is 0.493 e. The summed E-state index contributed by atoms with van der Waals surface area (Å²) in [7, 11) is 1.64. The van der Waals surface area contributed by atoms with Crippen LogP contribution in [0.3, 0.4) is 0 Å². The first kappa shape index (κ1) is 24.5. The molecular formula is C23H30IN5O2. The molecular weight excluding hydrogens is 505 g/mol. The lowest BCUT2D eigenvalue weighted by Gasteiger charge is -2.19. The van der Waals surface area contributed by atoms with Crippen molar-refractivity contribution in [2.24, 2.45) is 4.99 Å². The monoisotopic (exact) mass is 535 g/mol. The van der Waals surface area contributed by atoms with Gasteiger partial charge in [0.2, 0.25) is 0 Å². The van der Waals surface area contributed by atoms with Gasteiger partial charge in [0.25, 0.3) is 0 Å². The van der Waals surface area contributed by atoms with Crippen LogP contribution in [0.15, 0.2) is 72.0 Å². The van der Waals surface area contributed by atoms with Gasteiger partial charge in [0.15, 0.2) is 17.5 Å². The lowest BCUT2D eigenvalue weighted by atomic mass is 10.2. The summed E-state index contributed by atoms with van der Waals surface area (Å²) in [4.78, 5) is 4.68. The van der Waals surface area contributed by atoms with Crippen molar-refractivity contribution >= 4 is 29.9 Å². The Morgan fingerprint density at radius 2 is 1.81 bits per heavy atom. The Morgan fingerprint density at radius 1 is 1.06 bits per heavy atom. The standard InChI is InChI=1S/C23H29N5O2.HI/c1-4-24-23(25-16-18(2)30-22-9-6-5-8-21(22)29-3)26-17-19-10-12-20(13-11-19)28-15-7-14-27-28;/h5-15,18H,4,16-17H2,1-3H3,(H2,24,25,26);1H. The molecule has 3 rings (SSSR count). The zero-order valence-electron chi connectivity index (χ0n) is 18.1. The van der Waals surface area contributed by atoms with Crippen molar-refractivity contribution in [1.82, 2.24) is 20.4 Å². The molecule has 1 atom stereocenters. The van der Waals surface area contributed by atoms with Gasteiger partial charge in [-0.05, 0) is 49.7 Å². The molecule has 8 heteroatoms. The first-order valence-corrected chi connectivity index (χ1v) is 10.1. The smallest absolute Gasteiger partial charge is 0.191 e. The number of para-hydroxylation sites is 2. The minimum absolute atomic E-state index is 0. The highest BCUT2D eigenvalue weighted by atomic mass is 127. The Labute approximate surface area is 200 Å². The summed E-state index contributed by atoms with van der Waals surface area (Å²) in [5, 5.41) is 10.9. The zero-order chi connectivity index (χ0) is 21.2. The van der Waals surface area contributed by atoms with Crippen LogP contribution < -0.4 is 20.1 Å². The molecule has 31 heavy (non-hydrogen) atoms. The van der Waals surface area contributed by atoms with Crippen LogP contribution in [-0.4, -0.2) is 42.0 Å². The summed E-state index contributed by atoms with van der Waals surface area (Å²) >= 11 is 0. The van der Waals surface area contributed by atoms with Crippen LogP contribution in [0.1, 0.15) is 19.4 Å². The Balaban J connectivity index is 0.00000341. The van der Waals surface area contributed by atoms with Gasteiger partial charge in [-0.3, -0.25) is 0 Å². The molecule has 1 heterocycles. The van der Waals surface area contributed by atoms with Gasteiger partial charge in [-0.25, -0.2) is 9.67 Å².